The molecule has 11 heteroatoms. The summed E-state index contributed by atoms with van der Waals surface area (Å²) in [4.78, 5) is 14.4. The molecule has 7 nitrogen and oxygen atoms in total. The van der Waals surface area contributed by atoms with E-state index in [0.717, 1.165) is 0 Å². The number of rotatable bonds is 3. The molecule has 0 amide bonds. The van der Waals surface area contributed by atoms with E-state index in [0.29, 0.717) is 6.26 Å². The van der Waals surface area contributed by atoms with Crippen molar-refractivity contribution in [1.82, 2.24) is 15.2 Å². The van der Waals surface area contributed by atoms with Crippen LogP contribution in [0.3, 0.4) is 0 Å². The Morgan fingerprint density at radius 1 is 1.32 bits per heavy atom. The lowest BCUT2D eigenvalue weighted by atomic mass is 10.3. The molecule has 1 aromatic heterocycles. The molecule has 0 fully saturated rings. The van der Waals surface area contributed by atoms with E-state index in [4.69, 9.17) is 0 Å². The zero-order valence-electron chi connectivity index (χ0n) is 9.72. The third-order valence-electron chi connectivity index (χ3n) is 1.74. The Balaban J connectivity index is 3.48. The van der Waals surface area contributed by atoms with Crippen LogP contribution >= 0.6 is 0 Å². The minimum Gasteiger partial charge on any atom is -0.461 e. The summed E-state index contributed by atoms with van der Waals surface area (Å²) in [6.07, 6.45) is -4.33. The van der Waals surface area contributed by atoms with E-state index < -0.39 is 38.5 Å². The van der Waals surface area contributed by atoms with Crippen LogP contribution in [-0.2, 0) is 20.8 Å². The van der Waals surface area contributed by atoms with Crippen LogP contribution in [0.1, 0.15) is 23.1 Å². The lowest BCUT2D eigenvalue weighted by molar-refractivity contribution is -0.142. The number of alkyl halides is 3. The first-order valence-corrected chi connectivity index (χ1v) is 6.65. The van der Waals surface area contributed by atoms with Crippen molar-refractivity contribution < 1.29 is 31.1 Å². The molecule has 0 radical (unpaired) electrons. The molecule has 0 saturated heterocycles. The Morgan fingerprint density at radius 3 is 2.32 bits per heavy atom. The molecule has 1 heterocycles. The first-order chi connectivity index (χ1) is 8.57. The van der Waals surface area contributed by atoms with Crippen molar-refractivity contribution >= 4 is 15.8 Å². The molecule has 0 spiro atoms. The van der Waals surface area contributed by atoms with Gasteiger partial charge in [-0.05, 0) is 6.92 Å². The maximum atomic E-state index is 12.6. The van der Waals surface area contributed by atoms with Gasteiger partial charge in [-0.1, -0.05) is 0 Å². The highest BCUT2D eigenvalue weighted by Crippen LogP contribution is 2.29. The van der Waals surface area contributed by atoms with Gasteiger partial charge >= 0.3 is 12.1 Å². The summed E-state index contributed by atoms with van der Waals surface area (Å²) in [5.41, 5.74) is -2.93. The number of ether oxygens (including phenoxy) is 1. The first-order valence-electron chi connectivity index (χ1n) is 4.76. The number of hydrogen-bond acceptors (Lipinski definition) is 7. The third kappa shape index (κ3) is 3.59. The number of hydrogen-bond donors (Lipinski definition) is 0. The molecule has 19 heavy (non-hydrogen) atoms. The monoisotopic (exact) mass is 299 g/mol. The zero-order chi connectivity index (χ0) is 14.8. The van der Waals surface area contributed by atoms with E-state index >= 15 is 0 Å². The minimum absolute atomic E-state index is 0.200. The number of halogens is 3. The quantitative estimate of drug-likeness (QED) is 0.748. The maximum Gasteiger partial charge on any atom is 0.437 e. The molecule has 0 aliphatic carbocycles. The zero-order valence-corrected chi connectivity index (χ0v) is 10.5. The van der Waals surface area contributed by atoms with Gasteiger partial charge in [0, 0.05) is 6.26 Å². The van der Waals surface area contributed by atoms with Gasteiger partial charge in [0.15, 0.2) is 11.4 Å². The van der Waals surface area contributed by atoms with Crippen molar-refractivity contribution in [1.29, 1.82) is 0 Å². The molecule has 0 N–H and O–H groups in total. The fourth-order valence-corrected chi connectivity index (χ4v) is 1.45. The molecule has 1 aromatic rings. The standard InChI is InChI=1S/C8H8F3N3O4S/c1-3-18-6(15)4-5(8(9,10)11)13-14-7(12-4)19(2,16)17/h3H2,1-2H3. The van der Waals surface area contributed by atoms with E-state index in [1.54, 1.807) is 0 Å². The summed E-state index contributed by atoms with van der Waals surface area (Å²) >= 11 is 0. The van der Waals surface area contributed by atoms with Crippen LogP contribution in [0.2, 0.25) is 0 Å². The van der Waals surface area contributed by atoms with E-state index in [-0.39, 0.29) is 6.61 Å². The summed E-state index contributed by atoms with van der Waals surface area (Å²) in [7, 11) is -4.00. The molecule has 106 valence electrons. The van der Waals surface area contributed by atoms with Gasteiger partial charge in [-0.25, -0.2) is 18.2 Å². The molecule has 0 bridgehead atoms. The number of esters is 1. The summed E-state index contributed by atoms with van der Waals surface area (Å²) in [6.45, 7) is 1.17. The number of carbonyl (C=O) groups excluding carboxylic acids is 1. The van der Waals surface area contributed by atoms with E-state index in [9.17, 15) is 26.4 Å². The summed E-state index contributed by atoms with van der Waals surface area (Å²) < 4.78 is 64.4. The largest absolute Gasteiger partial charge is 0.461 e. The van der Waals surface area contributed by atoms with Gasteiger partial charge < -0.3 is 4.74 Å². The van der Waals surface area contributed by atoms with E-state index in [2.05, 4.69) is 19.9 Å². The molecule has 0 saturated carbocycles. The Bertz CT molecular complexity index is 600. The smallest absolute Gasteiger partial charge is 0.437 e. The molecule has 0 aromatic carbocycles. The number of aromatic nitrogens is 3. The van der Waals surface area contributed by atoms with Crippen molar-refractivity contribution in [2.75, 3.05) is 12.9 Å². The van der Waals surface area contributed by atoms with Crippen LogP contribution in [-0.4, -0.2) is 42.4 Å². The summed E-state index contributed by atoms with van der Waals surface area (Å²) in [5.74, 6) is -1.42. The van der Waals surface area contributed by atoms with Gasteiger partial charge in [0.05, 0.1) is 6.61 Å². The second-order valence-electron chi connectivity index (χ2n) is 3.28. The molecule has 1 rings (SSSR count). The van der Waals surface area contributed by atoms with E-state index in [1.165, 1.54) is 6.92 Å². The van der Waals surface area contributed by atoms with Gasteiger partial charge in [-0.15, -0.1) is 10.2 Å². The predicted octanol–water partition coefficient (Wildman–Crippen LogP) is 0.471. The van der Waals surface area contributed by atoms with Gasteiger partial charge in [-0.2, -0.15) is 13.2 Å². The number of nitrogens with zero attached hydrogens (tertiary/aromatic N) is 3. The summed E-state index contributed by atoms with van der Waals surface area (Å²) in [5, 5.41) is 4.56. The van der Waals surface area contributed by atoms with Crippen LogP contribution in [0.15, 0.2) is 5.16 Å². The SMILES string of the molecule is CCOC(=O)c1nc(S(C)(=O)=O)nnc1C(F)(F)F. The van der Waals surface area contributed by atoms with Crippen LogP contribution in [0.5, 0.6) is 0 Å². The molecule has 0 aliphatic heterocycles. The van der Waals surface area contributed by atoms with Crippen molar-refractivity contribution in [3.8, 4) is 0 Å². The van der Waals surface area contributed by atoms with Crippen molar-refractivity contribution in [2.45, 2.75) is 18.3 Å². The predicted molar refractivity (Wildman–Crippen MR) is 53.9 cm³/mol. The van der Waals surface area contributed by atoms with Crippen molar-refractivity contribution in [2.24, 2.45) is 0 Å². The fraction of sp³-hybridized carbons (Fsp3) is 0.500. The topological polar surface area (TPSA) is 99.1 Å². The molecule has 0 atom stereocenters. The second-order valence-corrected chi connectivity index (χ2v) is 5.19. The lowest BCUT2D eigenvalue weighted by Gasteiger charge is -2.09. The Hall–Kier alpha value is -1.78. The molecular formula is C8H8F3N3O4S. The lowest BCUT2D eigenvalue weighted by Crippen LogP contribution is -2.22. The average molecular weight is 299 g/mol. The van der Waals surface area contributed by atoms with Gasteiger partial charge in [0.1, 0.15) is 0 Å². The number of sulfone groups is 1. The molecule has 0 aliphatic rings. The van der Waals surface area contributed by atoms with Crippen molar-refractivity contribution in [3.63, 3.8) is 0 Å². The normalized spacial score (nSPS) is 12.3. The van der Waals surface area contributed by atoms with Crippen LogP contribution in [0.4, 0.5) is 13.2 Å². The average Bonchev–Trinajstić information content (AvgIpc) is 2.26. The Kier molecular flexibility index (Phi) is 4.08. The van der Waals surface area contributed by atoms with E-state index in [1.807, 2.05) is 0 Å². The third-order valence-corrected chi connectivity index (χ3v) is 2.57. The van der Waals surface area contributed by atoms with Crippen LogP contribution in [0, 0.1) is 0 Å². The maximum absolute atomic E-state index is 12.6. The highest BCUT2D eigenvalue weighted by atomic mass is 32.2. The van der Waals surface area contributed by atoms with Gasteiger partial charge in [-0.3, -0.25) is 0 Å². The highest BCUT2D eigenvalue weighted by molar-refractivity contribution is 7.90. The van der Waals surface area contributed by atoms with Gasteiger partial charge in [0.25, 0.3) is 5.16 Å². The van der Waals surface area contributed by atoms with Crippen molar-refractivity contribution in [3.05, 3.63) is 11.4 Å². The number of carbonyl (C=O) groups is 1. The van der Waals surface area contributed by atoms with Crippen LogP contribution < -0.4 is 0 Å². The Morgan fingerprint density at radius 2 is 1.89 bits per heavy atom. The Labute approximate surface area is 105 Å². The minimum atomic E-state index is -5.00. The molecule has 0 unspecified atom stereocenters. The summed E-state index contributed by atoms with van der Waals surface area (Å²) in [6, 6.07) is 0. The van der Waals surface area contributed by atoms with Gasteiger partial charge in [0.2, 0.25) is 9.84 Å². The fourth-order valence-electron chi connectivity index (χ4n) is 1.00. The first kappa shape index (κ1) is 15.3. The highest BCUT2D eigenvalue weighted by Gasteiger charge is 2.40. The van der Waals surface area contributed by atoms with Crippen LogP contribution in [0.25, 0.3) is 0 Å². The second kappa shape index (κ2) is 5.07. The molecular weight excluding hydrogens is 291 g/mol.